The zero-order valence-electron chi connectivity index (χ0n) is 16.0. The summed E-state index contributed by atoms with van der Waals surface area (Å²) in [5.74, 6) is 2.04. The van der Waals surface area contributed by atoms with Gasteiger partial charge in [0.05, 0.1) is 22.5 Å². The van der Waals surface area contributed by atoms with Crippen LogP contribution in [0.5, 0.6) is 0 Å². The maximum atomic E-state index is 5.01. The van der Waals surface area contributed by atoms with Crippen molar-refractivity contribution in [2.24, 2.45) is 0 Å². The van der Waals surface area contributed by atoms with Gasteiger partial charge in [0.25, 0.3) is 0 Å². The fourth-order valence-corrected chi connectivity index (χ4v) is 6.68. The molecule has 2 aromatic heterocycles. The fraction of sp³-hybridized carbons (Fsp3) is 0.0385. The molecule has 2 nitrogen and oxygen atoms in total. The molecule has 1 aliphatic rings. The Morgan fingerprint density at radius 1 is 0.800 bits per heavy atom. The van der Waals surface area contributed by atoms with Crippen LogP contribution in [-0.2, 0) is 5.75 Å². The highest BCUT2D eigenvalue weighted by Gasteiger charge is 2.20. The van der Waals surface area contributed by atoms with Crippen molar-refractivity contribution in [2.75, 3.05) is 0 Å². The quantitative estimate of drug-likeness (QED) is 0.272. The van der Waals surface area contributed by atoms with E-state index in [1.54, 1.807) is 0 Å². The first-order valence-electron chi connectivity index (χ1n) is 10.0. The van der Waals surface area contributed by atoms with Crippen LogP contribution in [0.15, 0.2) is 89.8 Å². The van der Waals surface area contributed by atoms with Crippen LogP contribution >= 0.6 is 23.1 Å². The van der Waals surface area contributed by atoms with Gasteiger partial charge in [0, 0.05) is 25.1 Å². The second kappa shape index (κ2) is 6.21. The van der Waals surface area contributed by atoms with Crippen molar-refractivity contribution in [3.8, 4) is 16.8 Å². The molecule has 30 heavy (non-hydrogen) atoms. The first-order chi connectivity index (χ1) is 14.9. The molecular weight excluding hydrogens is 404 g/mol. The van der Waals surface area contributed by atoms with Crippen molar-refractivity contribution < 1.29 is 0 Å². The number of para-hydroxylation sites is 1. The Kier molecular flexibility index (Phi) is 3.45. The first-order valence-corrected chi connectivity index (χ1v) is 11.8. The lowest BCUT2D eigenvalue weighted by Gasteiger charge is -2.18. The number of fused-ring (bicyclic) bond motifs is 8. The van der Waals surface area contributed by atoms with Gasteiger partial charge in [-0.1, -0.05) is 48.5 Å². The molecular formula is C26H16N2S2. The van der Waals surface area contributed by atoms with Crippen LogP contribution in [0.4, 0.5) is 0 Å². The molecule has 0 unspecified atom stereocenters. The molecule has 0 amide bonds. The Hall–Kier alpha value is -3.08. The highest BCUT2D eigenvalue weighted by atomic mass is 32.2. The Bertz CT molecular complexity index is 1610. The number of thioether (sulfide) groups is 1. The van der Waals surface area contributed by atoms with Crippen LogP contribution in [0.1, 0.15) is 5.82 Å². The number of hydrogen-bond donors (Lipinski definition) is 0. The zero-order chi connectivity index (χ0) is 19.7. The van der Waals surface area contributed by atoms with Gasteiger partial charge in [0.2, 0.25) is 0 Å². The van der Waals surface area contributed by atoms with Gasteiger partial charge >= 0.3 is 0 Å². The van der Waals surface area contributed by atoms with Crippen LogP contribution in [0, 0.1) is 0 Å². The summed E-state index contributed by atoms with van der Waals surface area (Å²) in [5, 5.41) is 2.69. The van der Waals surface area contributed by atoms with Crippen LogP contribution < -0.4 is 0 Å². The second-order valence-corrected chi connectivity index (χ2v) is 9.70. The summed E-state index contributed by atoms with van der Waals surface area (Å²) in [6.45, 7) is 0. The van der Waals surface area contributed by atoms with Crippen LogP contribution in [-0.4, -0.2) is 9.55 Å². The normalized spacial score (nSPS) is 13.1. The van der Waals surface area contributed by atoms with Crippen molar-refractivity contribution >= 4 is 54.3 Å². The Labute approximate surface area is 181 Å². The average Bonchev–Trinajstić information content (AvgIpc) is 3.36. The molecule has 0 saturated heterocycles. The second-order valence-electron chi connectivity index (χ2n) is 7.60. The molecule has 1 aliphatic heterocycles. The number of aromatic nitrogens is 2. The Morgan fingerprint density at radius 2 is 1.67 bits per heavy atom. The van der Waals surface area contributed by atoms with Crippen LogP contribution in [0.2, 0.25) is 0 Å². The van der Waals surface area contributed by atoms with E-state index in [2.05, 4.69) is 89.5 Å². The fourth-order valence-electron chi connectivity index (χ4n) is 4.58. The molecule has 0 radical (unpaired) electrons. The molecule has 0 N–H and O–H groups in total. The molecule has 142 valence electrons. The van der Waals surface area contributed by atoms with Crippen molar-refractivity contribution in [1.29, 1.82) is 0 Å². The smallest absolute Gasteiger partial charge is 0.124 e. The van der Waals surface area contributed by atoms with Gasteiger partial charge in [-0.25, -0.2) is 4.98 Å². The van der Waals surface area contributed by atoms with E-state index < -0.39 is 0 Å². The Balaban J connectivity index is 1.48. The summed E-state index contributed by atoms with van der Waals surface area (Å²) in [7, 11) is 0. The molecule has 0 aliphatic carbocycles. The van der Waals surface area contributed by atoms with Gasteiger partial charge in [-0.3, -0.25) is 4.57 Å². The number of thiophene rings is 1. The molecule has 6 aromatic rings. The Morgan fingerprint density at radius 3 is 2.67 bits per heavy atom. The maximum Gasteiger partial charge on any atom is 0.124 e. The summed E-state index contributed by atoms with van der Waals surface area (Å²) in [6, 6.07) is 30.7. The number of nitrogens with zero attached hydrogens (tertiary/aromatic N) is 2. The van der Waals surface area contributed by atoms with Crippen molar-refractivity contribution in [3.05, 3.63) is 90.8 Å². The SMILES string of the molecule is c1ccc2c(c1)SCc1nc3cc(-c4cccc5sc6ccccc6c45)ccc3n1-2. The summed E-state index contributed by atoms with van der Waals surface area (Å²) >= 11 is 3.74. The molecule has 0 saturated carbocycles. The molecule has 4 aromatic carbocycles. The third kappa shape index (κ3) is 2.29. The van der Waals surface area contributed by atoms with E-state index in [-0.39, 0.29) is 0 Å². The van der Waals surface area contributed by atoms with E-state index in [1.807, 2.05) is 23.1 Å². The average molecular weight is 421 g/mol. The highest BCUT2D eigenvalue weighted by molar-refractivity contribution is 7.98. The summed E-state index contributed by atoms with van der Waals surface area (Å²) in [5.41, 5.74) is 6.01. The van der Waals surface area contributed by atoms with E-state index in [4.69, 9.17) is 4.98 Å². The lowest BCUT2D eigenvalue weighted by Crippen LogP contribution is -2.05. The number of rotatable bonds is 1. The minimum absolute atomic E-state index is 0.909. The number of imidazole rings is 1. The van der Waals surface area contributed by atoms with Gasteiger partial charge in [-0.2, -0.15) is 0 Å². The zero-order valence-corrected chi connectivity index (χ0v) is 17.6. The van der Waals surface area contributed by atoms with Gasteiger partial charge in [-0.15, -0.1) is 23.1 Å². The predicted octanol–water partition coefficient (Wildman–Crippen LogP) is 7.67. The summed E-state index contributed by atoms with van der Waals surface area (Å²) in [6.07, 6.45) is 0. The molecule has 7 rings (SSSR count). The van der Waals surface area contributed by atoms with Crippen molar-refractivity contribution in [3.63, 3.8) is 0 Å². The third-order valence-corrected chi connectivity index (χ3v) is 8.10. The van der Waals surface area contributed by atoms with Gasteiger partial charge in [-0.05, 0) is 47.5 Å². The van der Waals surface area contributed by atoms with Crippen LogP contribution in [0.3, 0.4) is 0 Å². The first kappa shape index (κ1) is 16.7. The summed E-state index contributed by atoms with van der Waals surface area (Å²) in [4.78, 5) is 6.34. The number of benzene rings is 4. The molecule has 0 atom stereocenters. The minimum Gasteiger partial charge on any atom is -0.294 e. The molecule has 0 bridgehead atoms. The van der Waals surface area contributed by atoms with E-state index in [0.29, 0.717) is 0 Å². The van der Waals surface area contributed by atoms with Gasteiger partial charge < -0.3 is 0 Å². The highest BCUT2D eigenvalue weighted by Crippen LogP contribution is 2.41. The molecule has 0 spiro atoms. The van der Waals surface area contributed by atoms with E-state index in [9.17, 15) is 0 Å². The predicted molar refractivity (Wildman–Crippen MR) is 129 cm³/mol. The monoisotopic (exact) mass is 420 g/mol. The standard InChI is InChI=1S/C26H16N2S2/c1-3-9-22-18(6-1)26-17(7-5-11-24(26)30-22)16-12-13-20-19(14-16)27-25-15-29-23-10-4-2-8-21(23)28(20)25/h1-14H,15H2. The van der Waals surface area contributed by atoms with Crippen LogP contribution in [0.25, 0.3) is 48.0 Å². The lowest BCUT2D eigenvalue weighted by atomic mass is 9.99. The maximum absolute atomic E-state index is 5.01. The third-order valence-electron chi connectivity index (χ3n) is 5.90. The minimum atomic E-state index is 0.909. The largest absolute Gasteiger partial charge is 0.294 e. The number of hydrogen-bond acceptors (Lipinski definition) is 3. The summed E-state index contributed by atoms with van der Waals surface area (Å²) < 4.78 is 5.00. The molecule has 3 heterocycles. The molecule has 0 fully saturated rings. The van der Waals surface area contributed by atoms with Crippen molar-refractivity contribution in [1.82, 2.24) is 9.55 Å². The van der Waals surface area contributed by atoms with Crippen molar-refractivity contribution in [2.45, 2.75) is 10.6 Å². The topological polar surface area (TPSA) is 17.8 Å². The van der Waals surface area contributed by atoms with Gasteiger partial charge in [0.15, 0.2) is 0 Å². The molecule has 4 heteroatoms. The lowest BCUT2D eigenvalue weighted by molar-refractivity contribution is 0.945. The van der Waals surface area contributed by atoms with E-state index in [1.165, 1.54) is 47.4 Å². The van der Waals surface area contributed by atoms with E-state index >= 15 is 0 Å². The van der Waals surface area contributed by atoms with Gasteiger partial charge in [0.1, 0.15) is 5.82 Å². The van der Waals surface area contributed by atoms with E-state index in [0.717, 1.165) is 17.1 Å².